The predicted molar refractivity (Wildman–Crippen MR) is 110 cm³/mol. The third kappa shape index (κ3) is 4.00. The minimum atomic E-state index is -0.474. The van der Waals surface area contributed by atoms with Crippen molar-refractivity contribution >= 4 is 29.9 Å². The molecule has 2 aliphatic heterocycles. The van der Waals surface area contributed by atoms with E-state index >= 15 is 0 Å². The van der Waals surface area contributed by atoms with E-state index in [4.69, 9.17) is 11.6 Å². The van der Waals surface area contributed by atoms with Crippen molar-refractivity contribution in [3.63, 3.8) is 0 Å². The number of nitrogens with one attached hydrogen (secondary N) is 1. The second-order valence-electron chi connectivity index (χ2n) is 8.36. The molecule has 0 aromatic heterocycles. The summed E-state index contributed by atoms with van der Waals surface area (Å²) in [5.74, 6) is 1.09. The van der Waals surface area contributed by atoms with Crippen molar-refractivity contribution in [2.75, 3.05) is 26.2 Å². The van der Waals surface area contributed by atoms with E-state index in [0.29, 0.717) is 16.8 Å². The minimum Gasteiger partial charge on any atom is -0.388 e. The molecule has 1 amide bonds. The standard InChI is InChI=1S/C21H29ClN2O2.ClH/c22-18-6-4-15(5-7-18)19(25)16-8-11-24(12-9-16)20(26)21-10-2-1-3-17(21)13-23-14-21;/h4-7,16-17,19,23,25H,1-3,8-14H2;1H/t17-,19?,21+;/m0./s1. The lowest BCUT2D eigenvalue weighted by Crippen LogP contribution is -2.52. The van der Waals surface area contributed by atoms with Gasteiger partial charge >= 0.3 is 0 Å². The van der Waals surface area contributed by atoms with Gasteiger partial charge in [0.25, 0.3) is 0 Å². The van der Waals surface area contributed by atoms with Gasteiger partial charge in [0.2, 0.25) is 5.91 Å². The van der Waals surface area contributed by atoms with E-state index in [-0.39, 0.29) is 23.7 Å². The first-order valence-electron chi connectivity index (χ1n) is 10.0. The Balaban J connectivity index is 0.00000210. The molecule has 1 unspecified atom stereocenters. The lowest BCUT2D eigenvalue weighted by Gasteiger charge is -2.43. The second kappa shape index (κ2) is 8.69. The molecule has 1 aromatic carbocycles. The summed E-state index contributed by atoms with van der Waals surface area (Å²) in [5.41, 5.74) is 0.769. The van der Waals surface area contributed by atoms with E-state index in [1.54, 1.807) is 0 Å². The van der Waals surface area contributed by atoms with E-state index in [9.17, 15) is 9.90 Å². The highest BCUT2D eigenvalue weighted by Crippen LogP contribution is 2.45. The molecule has 4 nitrogen and oxygen atoms in total. The predicted octanol–water partition coefficient (Wildman–Crippen LogP) is 3.81. The summed E-state index contributed by atoms with van der Waals surface area (Å²) in [6.07, 6.45) is 5.92. The molecule has 2 heterocycles. The molecule has 3 aliphatic rings. The molecule has 1 aliphatic carbocycles. The molecule has 0 radical (unpaired) electrons. The molecule has 2 saturated heterocycles. The van der Waals surface area contributed by atoms with Crippen molar-refractivity contribution in [2.24, 2.45) is 17.3 Å². The molecule has 1 aromatic rings. The molecule has 150 valence electrons. The maximum atomic E-state index is 13.3. The van der Waals surface area contributed by atoms with Gasteiger partial charge in [-0.1, -0.05) is 36.6 Å². The Morgan fingerprint density at radius 2 is 1.89 bits per heavy atom. The second-order valence-corrected chi connectivity index (χ2v) is 8.79. The Bertz CT molecular complexity index is 646. The number of piperidine rings is 1. The van der Waals surface area contributed by atoms with Crippen LogP contribution in [0.3, 0.4) is 0 Å². The van der Waals surface area contributed by atoms with E-state index < -0.39 is 6.10 Å². The van der Waals surface area contributed by atoms with E-state index in [2.05, 4.69) is 10.2 Å². The molecule has 0 spiro atoms. The van der Waals surface area contributed by atoms with Crippen molar-refractivity contribution < 1.29 is 9.90 Å². The zero-order valence-electron chi connectivity index (χ0n) is 15.7. The van der Waals surface area contributed by atoms with Crippen LogP contribution in [-0.4, -0.2) is 42.1 Å². The van der Waals surface area contributed by atoms with Gasteiger partial charge in [0.15, 0.2) is 0 Å². The molecule has 4 rings (SSSR count). The van der Waals surface area contributed by atoms with Crippen LogP contribution in [0.2, 0.25) is 5.02 Å². The third-order valence-electron chi connectivity index (χ3n) is 6.95. The molecule has 0 bridgehead atoms. The lowest BCUT2D eigenvalue weighted by molar-refractivity contribution is -0.147. The number of carbonyl (C=O) groups is 1. The van der Waals surface area contributed by atoms with E-state index in [0.717, 1.165) is 51.0 Å². The fourth-order valence-corrected chi connectivity index (χ4v) is 5.46. The highest BCUT2D eigenvalue weighted by Gasteiger charge is 2.51. The number of hydrogen-bond acceptors (Lipinski definition) is 3. The SMILES string of the molecule is Cl.O=C(N1CCC(C(O)c2ccc(Cl)cc2)CC1)[C@@]12CCCC[C@H]1CNC2. The average molecular weight is 413 g/mol. The Kier molecular flexibility index (Phi) is 6.73. The molecule has 2 N–H and O–H groups in total. The summed E-state index contributed by atoms with van der Waals surface area (Å²) in [5, 5.41) is 14.9. The highest BCUT2D eigenvalue weighted by atomic mass is 35.5. The topological polar surface area (TPSA) is 52.6 Å². The van der Waals surface area contributed by atoms with Crippen LogP contribution in [0.15, 0.2) is 24.3 Å². The summed E-state index contributed by atoms with van der Waals surface area (Å²) in [6, 6.07) is 7.46. The quantitative estimate of drug-likeness (QED) is 0.793. The first kappa shape index (κ1) is 20.9. The van der Waals surface area contributed by atoms with Crippen molar-refractivity contribution in [3.05, 3.63) is 34.9 Å². The summed E-state index contributed by atoms with van der Waals surface area (Å²) >= 11 is 5.94. The Morgan fingerprint density at radius 1 is 1.19 bits per heavy atom. The number of aliphatic hydroxyl groups excluding tert-OH is 1. The van der Waals surface area contributed by atoms with Gasteiger partial charge in [-0.2, -0.15) is 0 Å². The van der Waals surface area contributed by atoms with Gasteiger partial charge in [0.1, 0.15) is 0 Å². The van der Waals surface area contributed by atoms with Crippen LogP contribution in [0.25, 0.3) is 0 Å². The zero-order valence-corrected chi connectivity index (χ0v) is 17.3. The summed E-state index contributed by atoms with van der Waals surface area (Å²) in [6.45, 7) is 3.38. The Morgan fingerprint density at radius 3 is 2.59 bits per heavy atom. The van der Waals surface area contributed by atoms with Gasteiger partial charge in [-0.25, -0.2) is 0 Å². The molecular weight excluding hydrogens is 383 g/mol. The van der Waals surface area contributed by atoms with Crippen LogP contribution in [0.4, 0.5) is 0 Å². The van der Waals surface area contributed by atoms with Crippen LogP contribution in [0, 0.1) is 17.3 Å². The fraction of sp³-hybridized carbons (Fsp3) is 0.667. The van der Waals surface area contributed by atoms with Crippen LogP contribution in [0.1, 0.15) is 50.2 Å². The van der Waals surface area contributed by atoms with Crippen molar-refractivity contribution in [2.45, 2.75) is 44.6 Å². The normalized spacial score (nSPS) is 29.7. The maximum Gasteiger partial charge on any atom is 0.230 e. The number of carbonyl (C=O) groups excluding carboxylic acids is 1. The number of aliphatic hydroxyl groups is 1. The van der Waals surface area contributed by atoms with E-state index in [1.165, 1.54) is 19.3 Å². The van der Waals surface area contributed by atoms with Crippen LogP contribution in [-0.2, 0) is 4.79 Å². The third-order valence-corrected chi connectivity index (χ3v) is 7.20. The van der Waals surface area contributed by atoms with Gasteiger partial charge in [0.05, 0.1) is 11.5 Å². The summed E-state index contributed by atoms with van der Waals surface area (Å²) in [4.78, 5) is 15.4. The van der Waals surface area contributed by atoms with Gasteiger partial charge in [-0.3, -0.25) is 4.79 Å². The molecule has 3 fully saturated rings. The molecule has 1 saturated carbocycles. The molecule has 3 atom stereocenters. The van der Waals surface area contributed by atoms with Gasteiger partial charge in [0, 0.05) is 24.7 Å². The molecule has 6 heteroatoms. The smallest absolute Gasteiger partial charge is 0.230 e. The van der Waals surface area contributed by atoms with Crippen LogP contribution in [0.5, 0.6) is 0 Å². The lowest BCUT2D eigenvalue weighted by atomic mass is 9.67. The number of nitrogens with zero attached hydrogens (tertiary/aromatic N) is 1. The Hall–Kier alpha value is -0.810. The monoisotopic (exact) mass is 412 g/mol. The average Bonchev–Trinajstić information content (AvgIpc) is 3.13. The number of halogens is 2. The van der Waals surface area contributed by atoms with E-state index in [1.807, 2.05) is 24.3 Å². The zero-order chi connectivity index (χ0) is 18.1. The van der Waals surface area contributed by atoms with Gasteiger partial charge in [-0.15, -0.1) is 12.4 Å². The first-order valence-corrected chi connectivity index (χ1v) is 10.4. The molecular formula is C21H30Cl2N2O2. The first-order chi connectivity index (χ1) is 12.6. The number of benzene rings is 1. The van der Waals surface area contributed by atoms with Gasteiger partial charge in [-0.05, 0) is 61.8 Å². The van der Waals surface area contributed by atoms with Gasteiger partial charge < -0.3 is 15.3 Å². The number of rotatable bonds is 3. The van der Waals surface area contributed by atoms with Crippen LogP contribution >= 0.6 is 24.0 Å². The number of amides is 1. The molecule has 27 heavy (non-hydrogen) atoms. The van der Waals surface area contributed by atoms with Crippen LogP contribution < -0.4 is 5.32 Å². The Labute approximate surface area is 173 Å². The highest BCUT2D eigenvalue weighted by molar-refractivity contribution is 6.30. The summed E-state index contributed by atoms with van der Waals surface area (Å²) < 4.78 is 0. The number of hydrogen-bond donors (Lipinski definition) is 2. The van der Waals surface area contributed by atoms with Crippen molar-refractivity contribution in [1.29, 1.82) is 0 Å². The fourth-order valence-electron chi connectivity index (χ4n) is 5.33. The summed E-state index contributed by atoms with van der Waals surface area (Å²) in [7, 11) is 0. The minimum absolute atomic E-state index is 0. The number of fused-ring (bicyclic) bond motifs is 1. The number of likely N-dealkylation sites (tertiary alicyclic amines) is 1. The van der Waals surface area contributed by atoms with Crippen molar-refractivity contribution in [1.82, 2.24) is 10.2 Å². The van der Waals surface area contributed by atoms with Crippen molar-refractivity contribution in [3.8, 4) is 0 Å². The maximum absolute atomic E-state index is 13.3. The largest absolute Gasteiger partial charge is 0.388 e.